The molecule has 0 amide bonds. The Morgan fingerprint density at radius 3 is 2.23 bits per heavy atom. The quantitative estimate of drug-likeness (QED) is 0.654. The highest BCUT2D eigenvalue weighted by Gasteiger charge is 2.12. The fourth-order valence-electron chi connectivity index (χ4n) is 2.50. The highest BCUT2D eigenvalue weighted by Crippen LogP contribution is 2.18. The highest BCUT2D eigenvalue weighted by molar-refractivity contribution is 5.80. The summed E-state index contributed by atoms with van der Waals surface area (Å²) in [6.45, 7) is 7.05. The van der Waals surface area contributed by atoms with Gasteiger partial charge in [-0.15, -0.1) is 0 Å². The van der Waals surface area contributed by atoms with Crippen LogP contribution < -0.4 is 9.30 Å². The van der Waals surface area contributed by atoms with Gasteiger partial charge < -0.3 is 4.74 Å². The molecule has 0 bridgehead atoms. The Morgan fingerprint density at radius 2 is 1.55 bits per heavy atom. The number of fused-ring (bicyclic) bond motifs is 1. The standard InChI is InChI=1S/C20H22NO/c1-20(2,3)22-19-10-8-16(9-11-19)14-21-13-12-17-6-4-5-7-18(17)15-21/h4-13,15H,14H2,1-3H3/q+1. The number of nitrogens with zero attached hydrogens (tertiary/aromatic N) is 1. The van der Waals surface area contributed by atoms with Gasteiger partial charge in [0.05, 0.1) is 0 Å². The zero-order chi connectivity index (χ0) is 15.6. The molecule has 3 rings (SSSR count). The summed E-state index contributed by atoms with van der Waals surface area (Å²) in [5.74, 6) is 0.916. The third kappa shape index (κ3) is 3.64. The van der Waals surface area contributed by atoms with E-state index in [2.05, 4.69) is 80.2 Å². The lowest BCUT2D eigenvalue weighted by atomic mass is 10.1. The molecule has 0 saturated carbocycles. The van der Waals surface area contributed by atoms with Crippen LogP contribution >= 0.6 is 0 Å². The average Bonchev–Trinajstić information content (AvgIpc) is 2.48. The first-order valence-corrected chi connectivity index (χ1v) is 7.65. The van der Waals surface area contributed by atoms with Crippen LogP contribution in [0.1, 0.15) is 26.3 Å². The molecule has 0 N–H and O–H groups in total. The molecule has 0 unspecified atom stereocenters. The lowest BCUT2D eigenvalue weighted by Gasteiger charge is -2.21. The number of hydrogen-bond acceptors (Lipinski definition) is 1. The number of ether oxygens (including phenoxy) is 1. The topological polar surface area (TPSA) is 13.1 Å². The van der Waals surface area contributed by atoms with E-state index in [9.17, 15) is 0 Å². The molecule has 0 aliphatic heterocycles. The third-order valence-corrected chi connectivity index (χ3v) is 3.46. The van der Waals surface area contributed by atoms with Gasteiger partial charge in [0.2, 0.25) is 0 Å². The van der Waals surface area contributed by atoms with Crippen LogP contribution in [-0.4, -0.2) is 5.60 Å². The predicted octanol–water partition coefficient (Wildman–Crippen LogP) is 4.35. The van der Waals surface area contributed by atoms with Gasteiger partial charge in [0.15, 0.2) is 18.9 Å². The SMILES string of the molecule is CC(C)(C)Oc1ccc(C[n+]2ccc3ccccc3c2)cc1. The molecule has 0 saturated heterocycles. The maximum absolute atomic E-state index is 5.86. The summed E-state index contributed by atoms with van der Waals surface area (Å²) in [6.07, 6.45) is 4.32. The smallest absolute Gasteiger partial charge is 0.176 e. The van der Waals surface area contributed by atoms with Gasteiger partial charge in [0, 0.05) is 17.0 Å². The molecule has 1 heterocycles. The molecule has 22 heavy (non-hydrogen) atoms. The van der Waals surface area contributed by atoms with Gasteiger partial charge in [-0.3, -0.25) is 0 Å². The molecule has 0 aliphatic carbocycles. The summed E-state index contributed by atoms with van der Waals surface area (Å²) in [6, 6.07) is 18.9. The highest BCUT2D eigenvalue weighted by atomic mass is 16.5. The van der Waals surface area contributed by atoms with E-state index in [1.54, 1.807) is 0 Å². The van der Waals surface area contributed by atoms with Crippen molar-refractivity contribution in [3.63, 3.8) is 0 Å². The zero-order valence-corrected chi connectivity index (χ0v) is 13.4. The van der Waals surface area contributed by atoms with Crippen LogP contribution in [0.2, 0.25) is 0 Å². The minimum atomic E-state index is -0.158. The Kier molecular flexibility index (Phi) is 3.84. The molecular formula is C20H22NO+. The maximum atomic E-state index is 5.86. The lowest BCUT2D eigenvalue weighted by Crippen LogP contribution is -2.33. The summed E-state index contributed by atoms with van der Waals surface area (Å²) in [7, 11) is 0. The van der Waals surface area contributed by atoms with Crippen LogP contribution in [0.4, 0.5) is 0 Å². The molecule has 0 atom stereocenters. The summed E-state index contributed by atoms with van der Waals surface area (Å²) < 4.78 is 8.07. The van der Waals surface area contributed by atoms with E-state index < -0.39 is 0 Å². The van der Waals surface area contributed by atoms with Crippen LogP contribution in [0.25, 0.3) is 10.8 Å². The molecule has 2 aromatic carbocycles. The van der Waals surface area contributed by atoms with Crippen LogP contribution in [-0.2, 0) is 6.54 Å². The molecule has 112 valence electrons. The molecule has 0 fully saturated rings. The van der Waals surface area contributed by atoms with Gasteiger partial charge >= 0.3 is 0 Å². The minimum Gasteiger partial charge on any atom is -0.488 e. The Balaban J connectivity index is 1.77. The zero-order valence-electron chi connectivity index (χ0n) is 13.4. The third-order valence-electron chi connectivity index (χ3n) is 3.46. The maximum Gasteiger partial charge on any atom is 0.176 e. The van der Waals surface area contributed by atoms with Crippen LogP contribution in [0.3, 0.4) is 0 Å². The fraction of sp³-hybridized carbons (Fsp3) is 0.250. The van der Waals surface area contributed by atoms with Crippen molar-refractivity contribution in [2.75, 3.05) is 0 Å². The number of rotatable bonds is 3. The predicted molar refractivity (Wildman–Crippen MR) is 90.1 cm³/mol. The van der Waals surface area contributed by atoms with E-state index in [-0.39, 0.29) is 5.60 Å². The molecule has 0 radical (unpaired) electrons. The second-order valence-corrected chi connectivity index (χ2v) is 6.60. The van der Waals surface area contributed by atoms with E-state index in [0.717, 1.165) is 12.3 Å². The average molecular weight is 292 g/mol. The van der Waals surface area contributed by atoms with Crippen molar-refractivity contribution in [2.24, 2.45) is 0 Å². The lowest BCUT2D eigenvalue weighted by molar-refractivity contribution is -0.687. The van der Waals surface area contributed by atoms with E-state index >= 15 is 0 Å². The van der Waals surface area contributed by atoms with Crippen molar-refractivity contribution in [3.8, 4) is 5.75 Å². The molecule has 1 aromatic heterocycles. The van der Waals surface area contributed by atoms with Gasteiger partial charge in [0.25, 0.3) is 0 Å². The van der Waals surface area contributed by atoms with E-state index in [0.29, 0.717) is 0 Å². The minimum absolute atomic E-state index is 0.158. The van der Waals surface area contributed by atoms with Gasteiger partial charge in [-0.2, -0.15) is 0 Å². The van der Waals surface area contributed by atoms with E-state index in [1.807, 2.05) is 12.1 Å². The largest absolute Gasteiger partial charge is 0.488 e. The number of hydrogen-bond donors (Lipinski definition) is 0. The first kappa shape index (κ1) is 14.6. The van der Waals surface area contributed by atoms with Gasteiger partial charge in [-0.1, -0.05) is 18.2 Å². The van der Waals surface area contributed by atoms with Crippen LogP contribution in [0.5, 0.6) is 5.75 Å². The van der Waals surface area contributed by atoms with Gasteiger partial charge in [-0.05, 0) is 56.5 Å². The summed E-state index contributed by atoms with van der Waals surface area (Å²) in [4.78, 5) is 0. The second kappa shape index (κ2) is 5.80. The Hall–Kier alpha value is -2.35. The van der Waals surface area contributed by atoms with Crippen molar-refractivity contribution in [2.45, 2.75) is 32.9 Å². The summed E-state index contributed by atoms with van der Waals surface area (Å²) in [5.41, 5.74) is 1.11. The van der Waals surface area contributed by atoms with E-state index in [1.165, 1.54) is 16.3 Å². The van der Waals surface area contributed by atoms with Crippen molar-refractivity contribution in [1.29, 1.82) is 0 Å². The molecule has 0 aliphatic rings. The number of pyridine rings is 1. The molecule has 3 aromatic rings. The van der Waals surface area contributed by atoms with Gasteiger partial charge in [-0.25, -0.2) is 4.57 Å². The monoisotopic (exact) mass is 292 g/mol. The van der Waals surface area contributed by atoms with E-state index in [4.69, 9.17) is 4.74 Å². The van der Waals surface area contributed by atoms with Crippen molar-refractivity contribution >= 4 is 10.8 Å². The number of benzene rings is 2. The Labute approximate surface area is 132 Å². The summed E-state index contributed by atoms with van der Waals surface area (Å²) >= 11 is 0. The van der Waals surface area contributed by atoms with Gasteiger partial charge in [0.1, 0.15) is 11.4 Å². The first-order valence-electron chi connectivity index (χ1n) is 7.65. The Bertz CT molecular complexity index is 770. The molecule has 2 heteroatoms. The fourth-order valence-corrected chi connectivity index (χ4v) is 2.50. The second-order valence-electron chi connectivity index (χ2n) is 6.60. The normalized spacial score (nSPS) is 11.6. The molecule has 0 spiro atoms. The van der Waals surface area contributed by atoms with Crippen molar-refractivity contribution < 1.29 is 9.30 Å². The molecule has 2 nitrogen and oxygen atoms in total. The van der Waals surface area contributed by atoms with Crippen LogP contribution in [0, 0.1) is 0 Å². The molecular weight excluding hydrogens is 270 g/mol. The number of aromatic nitrogens is 1. The summed E-state index contributed by atoms with van der Waals surface area (Å²) in [5, 5.41) is 2.53. The van der Waals surface area contributed by atoms with Crippen molar-refractivity contribution in [3.05, 3.63) is 72.6 Å². The van der Waals surface area contributed by atoms with Crippen LogP contribution in [0.15, 0.2) is 67.0 Å². The first-order chi connectivity index (χ1) is 10.5. The van der Waals surface area contributed by atoms with Crippen molar-refractivity contribution in [1.82, 2.24) is 0 Å². The Morgan fingerprint density at radius 1 is 0.864 bits per heavy atom.